The maximum absolute atomic E-state index is 14.2. The average molecular weight is 248 g/mol. The summed E-state index contributed by atoms with van der Waals surface area (Å²) in [5.41, 5.74) is 7.71. The molecule has 2 N–H and O–H groups in total. The lowest BCUT2D eigenvalue weighted by Gasteiger charge is -2.28. The van der Waals surface area contributed by atoms with Crippen LogP contribution in [0.5, 0.6) is 0 Å². The van der Waals surface area contributed by atoms with Crippen LogP contribution in [0.15, 0.2) is 18.2 Å². The molecule has 2 nitrogen and oxygen atoms in total. The summed E-state index contributed by atoms with van der Waals surface area (Å²) in [5, 5.41) is 0. The molecule has 1 unspecified atom stereocenters. The van der Waals surface area contributed by atoms with Crippen molar-refractivity contribution in [3.8, 4) is 0 Å². The minimum atomic E-state index is -0.115. The predicted molar refractivity (Wildman–Crippen MR) is 72.1 cm³/mol. The molecule has 0 saturated heterocycles. The van der Waals surface area contributed by atoms with E-state index < -0.39 is 0 Å². The Labute approximate surface area is 108 Å². The summed E-state index contributed by atoms with van der Waals surface area (Å²) in [6.07, 6.45) is 4.98. The molecule has 0 radical (unpaired) electrons. The number of nitrogens with two attached hydrogens (primary N) is 1. The number of nitrogens with zero attached hydrogens (tertiary/aromatic N) is 1. The third kappa shape index (κ3) is 2.37. The van der Waals surface area contributed by atoms with E-state index >= 15 is 0 Å². The van der Waals surface area contributed by atoms with E-state index in [0.29, 0.717) is 6.04 Å². The lowest BCUT2D eigenvalue weighted by Crippen LogP contribution is -2.30. The number of hydrogen-bond acceptors (Lipinski definition) is 2. The molecule has 2 fully saturated rings. The Morgan fingerprint density at radius 1 is 1.33 bits per heavy atom. The van der Waals surface area contributed by atoms with Crippen LogP contribution in [0.25, 0.3) is 0 Å². The molecule has 0 aliphatic heterocycles. The molecule has 0 bridgehead atoms. The van der Waals surface area contributed by atoms with Crippen LogP contribution in [0.4, 0.5) is 10.1 Å². The fourth-order valence-corrected chi connectivity index (χ4v) is 2.59. The first-order valence-electron chi connectivity index (χ1n) is 6.97. The van der Waals surface area contributed by atoms with Crippen molar-refractivity contribution in [3.63, 3.8) is 0 Å². The fourth-order valence-electron chi connectivity index (χ4n) is 2.59. The number of anilines is 1. The minimum absolute atomic E-state index is 0.114. The quantitative estimate of drug-likeness (QED) is 0.867. The van der Waals surface area contributed by atoms with Gasteiger partial charge < -0.3 is 10.6 Å². The van der Waals surface area contributed by atoms with Gasteiger partial charge in [0.25, 0.3) is 0 Å². The predicted octanol–water partition coefficient (Wildman–Crippen LogP) is 3.22. The molecule has 1 aromatic rings. The smallest absolute Gasteiger partial charge is 0.146 e. The van der Waals surface area contributed by atoms with E-state index in [-0.39, 0.29) is 11.9 Å². The van der Waals surface area contributed by atoms with Crippen molar-refractivity contribution in [2.75, 3.05) is 11.4 Å². The molecule has 0 aromatic heterocycles. The van der Waals surface area contributed by atoms with Crippen molar-refractivity contribution in [2.24, 2.45) is 11.7 Å². The van der Waals surface area contributed by atoms with Gasteiger partial charge in [0.2, 0.25) is 0 Å². The first-order valence-corrected chi connectivity index (χ1v) is 6.97. The second-order valence-electron chi connectivity index (χ2n) is 5.79. The lowest BCUT2D eigenvalue weighted by atomic mass is 10.0. The van der Waals surface area contributed by atoms with E-state index in [1.807, 2.05) is 13.0 Å². The van der Waals surface area contributed by atoms with Gasteiger partial charge in [-0.3, -0.25) is 0 Å². The summed E-state index contributed by atoms with van der Waals surface area (Å²) < 4.78 is 14.2. The lowest BCUT2D eigenvalue weighted by molar-refractivity contribution is 0.602. The molecular formula is C15H21FN2. The maximum atomic E-state index is 14.2. The highest BCUT2D eigenvalue weighted by Gasteiger charge is 2.36. The first kappa shape index (κ1) is 12.0. The molecule has 3 rings (SSSR count). The van der Waals surface area contributed by atoms with Crippen LogP contribution in [0.2, 0.25) is 0 Å². The van der Waals surface area contributed by atoms with Crippen LogP contribution in [0.1, 0.15) is 44.2 Å². The molecule has 1 atom stereocenters. The van der Waals surface area contributed by atoms with Crippen LogP contribution < -0.4 is 10.6 Å². The number of halogens is 1. The number of hydrogen-bond donors (Lipinski definition) is 1. The topological polar surface area (TPSA) is 29.3 Å². The highest BCUT2D eigenvalue weighted by atomic mass is 19.1. The van der Waals surface area contributed by atoms with Crippen LogP contribution in [-0.4, -0.2) is 12.6 Å². The summed E-state index contributed by atoms with van der Waals surface area (Å²) in [4.78, 5) is 2.28. The highest BCUT2D eigenvalue weighted by molar-refractivity contribution is 5.58. The zero-order chi connectivity index (χ0) is 12.7. The monoisotopic (exact) mass is 248 g/mol. The van der Waals surface area contributed by atoms with Crippen molar-refractivity contribution in [3.05, 3.63) is 29.6 Å². The van der Waals surface area contributed by atoms with Gasteiger partial charge in [-0.05, 0) is 50.2 Å². The molecule has 0 heterocycles. The summed E-state index contributed by atoms with van der Waals surface area (Å²) in [7, 11) is 0. The van der Waals surface area contributed by atoms with Crippen molar-refractivity contribution in [1.82, 2.24) is 0 Å². The third-order valence-corrected chi connectivity index (χ3v) is 3.94. The van der Waals surface area contributed by atoms with Crippen LogP contribution in [0, 0.1) is 11.7 Å². The Kier molecular flexibility index (Phi) is 3.02. The van der Waals surface area contributed by atoms with Gasteiger partial charge in [0.05, 0.1) is 5.69 Å². The normalized spacial score (nSPS) is 20.8. The molecule has 2 aliphatic rings. The van der Waals surface area contributed by atoms with Crippen molar-refractivity contribution >= 4 is 5.69 Å². The molecular weight excluding hydrogens is 227 g/mol. The van der Waals surface area contributed by atoms with E-state index in [9.17, 15) is 4.39 Å². The van der Waals surface area contributed by atoms with Gasteiger partial charge in [-0.1, -0.05) is 12.1 Å². The molecule has 3 heteroatoms. The SMILES string of the molecule is CC(N)c1cccc(F)c1N(CC1CC1)C1CC1. The van der Waals surface area contributed by atoms with Crippen molar-refractivity contribution < 1.29 is 4.39 Å². The fraction of sp³-hybridized carbons (Fsp3) is 0.600. The number of benzene rings is 1. The van der Waals surface area contributed by atoms with Gasteiger partial charge >= 0.3 is 0 Å². The number of para-hydroxylation sites is 1. The molecule has 0 spiro atoms. The van der Waals surface area contributed by atoms with E-state index in [0.717, 1.165) is 23.7 Å². The zero-order valence-corrected chi connectivity index (χ0v) is 10.9. The van der Waals surface area contributed by atoms with E-state index in [1.54, 1.807) is 12.1 Å². The Hall–Kier alpha value is -1.09. The Morgan fingerprint density at radius 3 is 2.61 bits per heavy atom. The van der Waals surface area contributed by atoms with Gasteiger partial charge in [-0.15, -0.1) is 0 Å². The molecule has 18 heavy (non-hydrogen) atoms. The molecule has 2 aliphatic carbocycles. The standard InChI is InChI=1S/C15H21FN2/c1-10(17)13-3-2-4-14(16)15(13)18(12-7-8-12)9-11-5-6-11/h2-4,10-12H,5-9,17H2,1H3. The second-order valence-corrected chi connectivity index (χ2v) is 5.79. The van der Waals surface area contributed by atoms with Gasteiger partial charge in [-0.25, -0.2) is 4.39 Å². The molecule has 98 valence electrons. The molecule has 0 amide bonds. The van der Waals surface area contributed by atoms with Gasteiger partial charge in [0.1, 0.15) is 5.82 Å². The van der Waals surface area contributed by atoms with Gasteiger partial charge in [0, 0.05) is 18.6 Å². The van der Waals surface area contributed by atoms with Crippen molar-refractivity contribution in [2.45, 2.75) is 44.7 Å². The summed E-state index contributed by atoms with van der Waals surface area (Å²) in [5.74, 6) is 0.656. The highest BCUT2D eigenvalue weighted by Crippen LogP contribution is 2.40. The minimum Gasteiger partial charge on any atom is -0.366 e. The van der Waals surface area contributed by atoms with Crippen molar-refractivity contribution in [1.29, 1.82) is 0 Å². The molecule has 2 saturated carbocycles. The Balaban J connectivity index is 1.95. The van der Waals surface area contributed by atoms with Crippen LogP contribution >= 0.6 is 0 Å². The maximum Gasteiger partial charge on any atom is 0.146 e. The van der Waals surface area contributed by atoms with Crippen LogP contribution in [0.3, 0.4) is 0 Å². The average Bonchev–Trinajstić information content (AvgIpc) is 3.19. The second kappa shape index (κ2) is 4.54. The van der Waals surface area contributed by atoms with Crippen LogP contribution in [-0.2, 0) is 0 Å². The van der Waals surface area contributed by atoms with Gasteiger partial charge in [-0.2, -0.15) is 0 Å². The first-order chi connectivity index (χ1) is 8.66. The summed E-state index contributed by atoms with van der Waals surface area (Å²) in [6.45, 7) is 2.94. The largest absolute Gasteiger partial charge is 0.366 e. The third-order valence-electron chi connectivity index (χ3n) is 3.94. The van der Waals surface area contributed by atoms with E-state index in [2.05, 4.69) is 4.90 Å². The number of rotatable bonds is 5. The summed E-state index contributed by atoms with van der Waals surface area (Å²) >= 11 is 0. The Bertz CT molecular complexity index is 436. The Morgan fingerprint density at radius 2 is 2.06 bits per heavy atom. The van der Waals surface area contributed by atoms with E-state index in [4.69, 9.17) is 5.73 Å². The zero-order valence-electron chi connectivity index (χ0n) is 10.9. The van der Waals surface area contributed by atoms with Gasteiger partial charge in [0.15, 0.2) is 0 Å². The molecule has 1 aromatic carbocycles. The summed E-state index contributed by atoms with van der Waals surface area (Å²) in [6, 6.07) is 5.71. The van der Waals surface area contributed by atoms with E-state index in [1.165, 1.54) is 25.7 Å².